The van der Waals surface area contributed by atoms with Crippen molar-refractivity contribution >= 4 is 45.7 Å². The molecule has 1 saturated carbocycles. The fourth-order valence-electron chi connectivity index (χ4n) is 4.08. The third kappa shape index (κ3) is 5.37. The maximum absolute atomic E-state index is 5.51. The van der Waals surface area contributed by atoms with Gasteiger partial charge >= 0.3 is 0 Å². The highest BCUT2D eigenvalue weighted by Crippen LogP contribution is 2.26. The third-order valence-corrected chi connectivity index (χ3v) is 5.95. The summed E-state index contributed by atoms with van der Waals surface area (Å²) >= 11 is 5.51. The fourth-order valence-corrected chi connectivity index (χ4v) is 4.37. The molecule has 8 heteroatoms. The van der Waals surface area contributed by atoms with Gasteiger partial charge in [-0.05, 0) is 62.2 Å². The average molecular weight is 451 g/mol. The number of hydrogen-bond donors (Lipinski definition) is 3. The number of ether oxygens (including phenoxy) is 1. The summed E-state index contributed by atoms with van der Waals surface area (Å²) in [7, 11) is 5.68. The van der Waals surface area contributed by atoms with Crippen LogP contribution in [0.1, 0.15) is 25.7 Å². The van der Waals surface area contributed by atoms with E-state index in [-0.39, 0.29) is 0 Å². The molecule has 1 aliphatic rings. The van der Waals surface area contributed by atoms with Crippen LogP contribution in [0.4, 0.5) is 17.5 Å². The van der Waals surface area contributed by atoms with Crippen LogP contribution in [-0.2, 0) is 0 Å². The number of nitrogens with one attached hydrogen (secondary N) is 3. The standard InChI is InChI=1S/C24H30N6OS/c1-30(2)22-20-9-4-5-10-21(20)28-23(29-22)25-16-11-13-17(14-12-16)26-24(32)27-18-7-6-8-19(15-18)31-3/h4-10,15-17H,11-14H2,1-3H3,(H,25,28,29)(H2,26,27,32)/t16-,17+. The van der Waals surface area contributed by atoms with E-state index in [2.05, 4.69) is 22.0 Å². The van der Waals surface area contributed by atoms with Gasteiger partial charge in [-0.2, -0.15) is 4.98 Å². The summed E-state index contributed by atoms with van der Waals surface area (Å²) in [4.78, 5) is 11.5. The number of methoxy groups -OCH3 is 1. The molecule has 0 unspecified atom stereocenters. The van der Waals surface area contributed by atoms with Gasteiger partial charge in [0.15, 0.2) is 5.11 Å². The van der Waals surface area contributed by atoms with Crippen LogP contribution >= 0.6 is 12.2 Å². The Balaban J connectivity index is 1.31. The lowest BCUT2D eigenvalue weighted by Gasteiger charge is -2.30. The molecule has 0 spiro atoms. The number of benzene rings is 2. The highest BCUT2D eigenvalue weighted by atomic mass is 32.1. The average Bonchev–Trinajstić information content (AvgIpc) is 2.80. The van der Waals surface area contributed by atoms with Crippen molar-refractivity contribution in [1.82, 2.24) is 15.3 Å². The number of anilines is 3. The van der Waals surface area contributed by atoms with Gasteiger partial charge in [0.2, 0.25) is 5.95 Å². The number of para-hydroxylation sites is 1. The predicted molar refractivity (Wildman–Crippen MR) is 136 cm³/mol. The molecule has 0 bridgehead atoms. The number of hydrogen-bond acceptors (Lipinski definition) is 6. The van der Waals surface area contributed by atoms with Crippen LogP contribution in [-0.4, -0.2) is 48.4 Å². The van der Waals surface area contributed by atoms with Crippen molar-refractivity contribution in [1.29, 1.82) is 0 Å². The van der Waals surface area contributed by atoms with Crippen LogP contribution in [0, 0.1) is 0 Å². The molecule has 1 fully saturated rings. The van der Waals surface area contributed by atoms with Gasteiger partial charge < -0.3 is 25.6 Å². The number of fused-ring (bicyclic) bond motifs is 1. The third-order valence-electron chi connectivity index (χ3n) is 5.73. The molecule has 3 aromatic rings. The minimum atomic E-state index is 0.351. The summed E-state index contributed by atoms with van der Waals surface area (Å²) in [6.45, 7) is 0. The normalized spacial score (nSPS) is 18.1. The van der Waals surface area contributed by atoms with Gasteiger partial charge in [0.25, 0.3) is 0 Å². The number of nitrogens with zero attached hydrogens (tertiary/aromatic N) is 3. The summed E-state index contributed by atoms with van der Waals surface area (Å²) in [5.74, 6) is 2.43. The van der Waals surface area contributed by atoms with E-state index in [9.17, 15) is 0 Å². The Kier molecular flexibility index (Phi) is 6.90. The molecule has 0 radical (unpaired) electrons. The van der Waals surface area contributed by atoms with Crippen LogP contribution in [0.3, 0.4) is 0 Å². The number of rotatable bonds is 6. The van der Waals surface area contributed by atoms with Crippen molar-refractivity contribution in [2.24, 2.45) is 0 Å². The van der Waals surface area contributed by atoms with Gasteiger partial charge in [0, 0.05) is 43.3 Å². The van der Waals surface area contributed by atoms with Crippen molar-refractivity contribution in [3.05, 3.63) is 48.5 Å². The highest BCUT2D eigenvalue weighted by molar-refractivity contribution is 7.80. The van der Waals surface area contributed by atoms with Gasteiger partial charge in [0.05, 0.1) is 12.6 Å². The molecule has 4 rings (SSSR count). The van der Waals surface area contributed by atoms with E-state index in [0.29, 0.717) is 23.1 Å². The molecule has 1 aliphatic carbocycles. The Morgan fingerprint density at radius 3 is 2.50 bits per heavy atom. The van der Waals surface area contributed by atoms with E-state index in [1.54, 1.807) is 7.11 Å². The molecule has 0 saturated heterocycles. The van der Waals surface area contributed by atoms with E-state index >= 15 is 0 Å². The summed E-state index contributed by atoms with van der Waals surface area (Å²) in [6, 6.07) is 16.6. The Morgan fingerprint density at radius 2 is 1.75 bits per heavy atom. The first-order chi connectivity index (χ1) is 15.5. The molecule has 168 valence electrons. The lowest BCUT2D eigenvalue weighted by atomic mass is 9.91. The molecule has 0 atom stereocenters. The van der Waals surface area contributed by atoms with Crippen molar-refractivity contribution in [3.8, 4) is 5.75 Å². The van der Waals surface area contributed by atoms with Gasteiger partial charge in [-0.1, -0.05) is 18.2 Å². The van der Waals surface area contributed by atoms with Crippen molar-refractivity contribution in [2.75, 3.05) is 36.7 Å². The molecular formula is C24H30N6OS. The van der Waals surface area contributed by atoms with Gasteiger partial charge in [0.1, 0.15) is 11.6 Å². The summed E-state index contributed by atoms with van der Waals surface area (Å²) in [5, 5.41) is 12.0. The molecule has 0 amide bonds. The van der Waals surface area contributed by atoms with Crippen molar-refractivity contribution in [2.45, 2.75) is 37.8 Å². The second-order valence-electron chi connectivity index (χ2n) is 8.31. The van der Waals surface area contributed by atoms with Crippen LogP contribution in [0.25, 0.3) is 10.9 Å². The Morgan fingerprint density at radius 1 is 1.00 bits per heavy atom. The molecule has 0 aliphatic heterocycles. The smallest absolute Gasteiger partial charge is 0.225 e. The maximum Gasteiger partial charge on any atom is 0.225 e. The monoisotopic (exact) mass is 450 g/mol. The predicted octanol–water partition coefficient (Wildman–Crippen LogP) is 4.41. The van der Waals surface area contributed by atoms with E-state index in [1.807, 2.05) is 61.5 Å². The lowest BCUT2D eigenvalue weighted by Crippen LogP contribution is -2.42. The van der Waals surface area contributed by atoms with Crippen molar-refractivity contribution in [3.63, 3.8) is 0 Å². The molecule has 1 aromatic heterocycles. The summed E-state index contributed by atoms with van der Waals surface area (Å²) < 4.78 is 5.27. The summed E-state index contributed by atoms with van der Waals surface area (Å²) in [6.07, 6.45) is 4.14. The van der Waals surface area contributed by atoms with Crippen LogP contribution in [0.2, 0.25) is 0 Å². The molecule has 2 aromatic carbocycles. The number of aromatic nitrogens is 2. The zero-order valence-corrected chi connectivity index (χ0v) is 19.6. The van der Waals surface area contributed by atoms with E-state index in [1.165, 1.54) is 0 Å². The molecule has 1 heterocycles. The lowest BCUT2D eigenvalue weighted by molar-refractivity contribution is 0.387. The fraction of sp³-hybridized carbons (Fsp3) is 0.375. The van der Waals surface area contributed by atoms with E-state index in [0.717, 1.165) is 53.8 Å². The summed E-state index contributed by atoms with van der Waals surface area (Å²) in [5.41, 5.74) is 1.88. The van der Waals surface area contributed by atoms with Crippen LogP contribution < -0.4 is 25.6 Å². The Hall–Kier alpha value is -3.13. The van der Waals surface area contributed by atoms with E-state index in [4.69, 9.17) is 26.9 Å². The minimum Gasteiger partial charge on any atom is -0.497 e. The molecule has 7 nitrogen and oxygen atoms in total. The maximum atomic E-state index is 5.51. The van der Waals surface area contributed by atoms with Gasteiger partial charge in [-0.25, -0.2) is 4.98 Å². The first-order valence-electron chi connectivity index (χ1n) is 10.9. The van der Waals surface area contributed by atoms with Gasteiger partial charge in [-0.3, -0.25) is 0 Å². The molecular weight excluding hydrogens is 420 g/mol. The van der Waals surface area contributed by atoms with Gasteiger partial charge in [-0.15, -0.1) is 0 Å². The topological polar surface area (TPSA) is 74.3 Å². The second-order valence-corrected chi connectivity index (χ2v) is 8.71. The SMILES string of the molecule is COc1cccc(NC(=S)N[C@H]2CC[C@@H](Nc3nc(N(C)C)c4ccccc4n3)CC2)c1. The largest absolute Gasteiger partial charge is 0.497 e. The second kappa shape index (κ2) is 9.99. The Bertz CT molecular complexity index is 1080. The molecule has 32 heavy (non-hydrogen) atoms. The van der Waals surface area contributed by atoms with Crippen LogP contribution in [0.15, 0.2) is 48.5 Å². The zero-order chi connectivity index (χ0) is 22.5. The van der Waals surface area contributed by atoms with Crippen molar-refractivity contribution < 1.29 is 4.74 Å². The zero-order valence-electron chi connectivity index (χ0n) is 18.8. The first-order valence-corrected chi connectivity index (χ1v) is 11.3. The number of thiocarbonyl (C=S) groups is 1. The first kappa shape index (κ1) is 22.1. The van der Waals surface area contributed by atoms with E-state index < -0.39 is 0 Å². The van der Waals surface area contributed by atoms with Crippen LogP contribution in [0.5, 0.6) is 5.75 Å². The quantitative estimate of drug-likeness (QED) is 0.477. The highest BCUT2D eigenvalue weighted by Gasteiger charge is 2.23. The molecule has 3 N–H and O–H groups in total. The Labute approximate surface area is 194 Å². The minimum absolute atomic E-state index is 0.351.